The molecule has 18 heavy (non-hydrogen) atoms. The molecule has 0 aromatic rings. The standard InChI is InChI=1S/C15H27NO2/c1-15(2)13(17)9-5-11-16(15)14(18)10-4-8-12-6-3-7-12/h12-13,17H,3-11H2,1-2H3. The van der Waals surface area contributed by atoms with Gasteiger partial charge in [-0.05, 0) is 45.4 Å². The van der Waals surface area contributed by atoms with Crippen LogP contribution in [0.2, 0.25) is 0 Å². The number of amides is 1. The molecule has 1 aliphatic carbocycles. The van der Waals surface area contributed by atoms with Gasteiger partial charge in [-0.25, -0.2) is 0 Å². The van der Waals surface area contributed by atoms with Gasteiger partial charge in [0.05, 0.1) is 11.6 Å². The van der Waals surface area contributed by atoms with Crippen molar-refractivity contribution in [1.29, 1.82) is 0 Å². The average Bonchev–Trinajstić information content (AvgIpc) is 2.25. The average molecular weight is 253 g/mol. The van der Waals surface area contributed by atoms with Crippen molar-refractivity contribution in [2.45, 2.75) is 76.9 Å². The molecule has 1 saturated carbocycles. The molecular formula is C15H27NO2. The van der Waals surface area contributed by atoms with Gasteiger partial charge in [-0.15, -0.1) is 0 Å². The molecule has 1 amide bonds. The monoisotopic (exact) mass is 253 g/mol. The van der Waals surface area contributed by atoms with Crippen molar-refractivity contribution >= 4 is 5.91 Å². The van der Waals surface area contributed by atoms with Crippen LogP contribution in [0.1, 0.15) is 65.2 Å². The lowest BCUT2D eigenvalue weighted by Crippen LogP contribution is -2.58. The Labute approximate surface area is 111 Å². The van der Waals surface area contributed by atoms with E-state index in [0.717, 1.165) is 31.7 Å². The van der Waals surface area contributed by atoms with E-state index in [1.54, 1.807) is 0 Å². The van der Waals surface area contributed by atoms with Gasteiger partial charge in [-0.3, -0.25) is 4.79 Å². The highest BCUT2D eigenvalue weighted by atomic mass is 16.3. The molecule has 1 N–H and O–H groups in total. The fourth-order valence-corrected chi connectivity index (χ4v) is 3.17. The van der Waals surface area contributed by atoms with E-state index < -0.39 is 0 Å². The molecule has 0 spiro atoms. The highest BCUT2D eigenvalue weighted by Gasteiger charge is 2.39. The Hall–Kier alpha value is -0.570. The van der Waals surface area contributed by atoms with E-state index in [4.69, 9.17) is 0 Å². The van der Waals surface area contributed by atoms with Gasteiger partial charge < -0.3 is 10.0 Å². The van der Waals surface area contributed by atoms with E-state index in [-0.39, 0.29) is 17.6 Å². The Morgan fingerprint density at radius 1 is 1.28 bits per heavy atom. The number of hydrogen-bond acceptors (Lipinski definition) is 2. The third-order valence-corrected chi connectivity index (χ3v) is 4.90. The van der Waals surface area contributed by atoms with Crippen LogP contribution in [-0.4, -0.2) is 34.1 Å². The van der Waals surface area contributed by atoms with E-state index in [2.05, 4.69) is 0 Å². The van der Waals surface area contributed by atoms with Crippen LogP contribution in [0.5, 0.6) is 0 Å². The number of aliphatic hydroxyl groups is 1. The Morgan fingerprint density at radius 2 is 2.00 bits per heavy atom. The van der Waals surface area contributed by atoms with Crippen molar-refractivity contribution in [1.82, 2.24) is 4.90 Å². The molecule has 1 saturated heterocycles. The zero-order valence-corrected chi connectivity index (χ0v) is 11.8. The molecule has 2 fully saturated rings. The maximum atomic E-state index is 12.3. The summed E-state index contributed by atoms with van der Waals surface area (Å²) in [5.74, 6) is 1.12. The second-order valence-corrected chi connectivity index (χ2v) is 6.55. The van der Waals surface area contributed by atoms with Crippen LogP contribution in [0.4, 0.5) is 0 Å². The Bertz CT molecular complexity index is 297. The van der Waals surface area contributed by atoms with Gasteiger partial charge in [0, 0.05) is 13.0 Å². The van der Waals surface area contributed by atoms with Crippen LogP contribution in [0.15, 0.2) is 0 Å². The van der Waals surface area contributed by atoms with Gasteiger partial charge in [0.25, 0.3) is 0 Å². The smallest absolute Gasteiger partial charge is 0.223 e. The molecule has 1 heterocycles. The summed E-state index contributed by atoms with van der Waals surface area (Å²) in [5.41, 5.74) is -0.383. The molecule has 0 bridgehead atoms. The van der Waals surface area contributed by atoms with Crippen molar-refractivity contribution in [3.8, 4) is 0 Å². The van der Waals surface area contributed by atoms with E-state index >= 15 is 0 Å². The van der Waals surface area contributed by atoms with Gasteiger partial charge in [0.15, 0.2) is 0 Å². The quantitative estimate of drug-likeness (QED) is 0.837. The van der Waals surface area contributed by atoms with E-state index in [0.29, 0.717) is 6.42 Å². The number of hydrogen-bond donors (Lipinski definition) is 1. The third-order valence-electron chi connectivity index (χ3n) is 4.90. The van der Waals surface area contributed by atoms with Crippen LogP contribution in [0.3, 0.4) is 0 Å². The minimum Gasteiger partial charge on any atom is -0.391 e. The maximum Gasteiger partial charge on any atom is 0.223 e. The van der Waals surface area contributed by atoms with Crippen molar-refractivity contribution in [2.24, 2.45) is 5.92 Å². The highest BCUT2D eigenvalue weighted by molar-refractivity contribution is 5.77. The number of rotatable bonds is 4. The predicted molar refractivity (Wildman–Crippen MR) is 72.2 cm³/mol. The molecule has 3 heteroatoms. The first-order chi connectivity index (χ1) is 8.51. The summed E-state index contributed by atoms with van der Waals surface area (Å²) < 4.78 is 0. The molecule has 0 aromatic carbocycles. The molecular weight excluding hydrogens is 226 g/mol. The topological polar surface area (TPSA) is 40.5 Å². The van der Waals surface area contributed by atoms with Gasteiger partial charge in [-0.2, -0.15) is 0 Å². The van der Waals surface area contributed by atoms with Crippen molar-refractivity contribution in [3.05, 3.63) is 0 Å². The van der Waals surface area contributed by atoms with Crippen molar-refractivity contribution < 1.29 is 9.90 Å². The lowest BCUT2D eigenvalue weighted by atomic mass is 9.81. The van der Waals surface area contributed by atoms with Gasteiger partial charge in [0.1, 0.15) is 0 Å². The Kier molecular flexibility index (Phi) is 4.31. The summed E-state index contributed by atoms with van der Waals surface area (Å²) in [6, 6.07) is 0. The molecule has 0 radical (unpaired) electrons. The first-order valence-electron chi connectivity index (χ1n) is 7.50. The summed E-state index contributed by atoms with van der Waals surface area (Å²) in [4.78, 5) is 14.2. The van der Waals surface area contributed by atoms with E-state index in [1.165, 1.54) is 25.7 Å². The molecule has 2 rings (SSSR count). The third kappa shape index (κ3) is 2.87. The van der Waals surface area contributed by atoms with Crippen LogP contribution in [0.25, 0.3) is 0 Å². The number of aliphatic hydroxyl groups excluding tert-OH is 1. The summed E-state index contributed by atoms with van der Waals surface area (Å²) in [6.07, 6.45) is 8.37. The Morgan fingerprint density at radius 3 is 2.61 bits per heavy atom. The largest absolute Gasteiger partial charge is 0.391 e. The molecule has 1 unspecified atom stereocenters. The number of likely N-dealkylation sites (tertiary alicyclic amines) is 1. The number of piperidine rings is 1. The second-order valence-electron chi connectivity index (χ2n) is 6.55. The fraction of sp³-hybridized carbons (Fsp3) is 0.933. The molecule has 1 aliphatic heterocycles. The summed E-state index contributed by atoms with van der Waals surface area (Å²) >= 11 is 0. The minimum absolute atomic E-state index is 0.234. The lowest BCUT2D eigenvalue weighted by Gasteiger charge is -2.46. The van der Waals surface area contributed by atoms with Crippen molar-refractivity contribution in [2.75, 3.05) is 6.54 Å². The SMILES string of the molecule is CC1(C)C(O)CCCN1C(=O)CCCC1CCC1. The van der Waals surface area contributed by atoms with Crippen LogP contribution in [-0.2, 0) is 4.79 Å². The predicted octanol–water partition coefficient (Wildman–Crippen LogP) is 2.72. The minimum atomic E-state index is -0.383. The number of carbonyl (C=O) groups is 1. The molecule has 2 aliphatic rings. The first kappa shape index (κ1) is 13.9. The van der Waals surface area contributed by atoms with E-state index in [1.807, 2.05) is 18.7 Å². The lowest BCUT2D eigenvalue weighted by molar-refractivity contribution is -0.145. The number of carbonyl (C=O) groups excluding carboxylic acids is 1. The highest BCUT2D eigenvalue weighted by Crippen LogP contribution is 2.32. The summed E-state index contributed by atoms with van der Waals surface area (Å²) in [6.45, 7) is 4.79. The zero-order chi connectivity index (χ0) is 13.2. The Balaban J connectivity index is 1.79. The van der Waals surface area contributed by atoms with Gasteiger partial charge >= 0.3 is 0 Å². The fourth-order valence-electron chi connectivity index (χ4n) is 3.17. The van der Waals surface area contributed by atoms with Crippen molar-refractivity contribution in [3.63, 3.8) is 0 Å². The molecule has 104 valence electrons. The first-order valence-corrected chi connectivity index (χ1v) is 7.50. The summed E-state index contributed by atoms with van der Waals surface area (Å²) in [5, 5.41) is 10.0. The van der Waals surface area contributed by atoms with Gasteiger partial charge in [0.2, 0.25) is 5.91 Å². The van der Waals surface area contributed by atoms with E-state index in [9.17, 15) is 9.90 Å². The summed E-state index contributed by atoms with van der Waals surface area (Å²) in [7, 11) is 0. The van der Waals surface area contributed by atoms with Gasteiger partial charge in [-0.1, -0.05) is 19.3 Å². The molecule has 0 aromatic heterocycles. The van der Waals surface area contributed by atoms with Crippen LogP contribution >= 0.6 is 0 Å². The maximum absolute atomic E-state index is 12.3. The second kappa shape index (κ2) is 5.60. The van der Waals surface area contributed by atoms with Crippen LogP contribution in [0, 0.1) is 5.92 Å². The normalized spacial score (nSPS) is 27.9. The number of nitrogens with zero attached hydrogens (tertiary/aromatic N) is 1. The van der Waals surface area contributed by atoms with Crippen LogP contribution < -0.4 is 0 Å². The molecule has 3 nitrogen and oxygen atoms in total. The zero-order valence-electron chi connectivity index (χ0n) is 11.8. The molecule has 1 atom stereocenters.